The first-order valence-electron chi connectivity index (χ1n) is 7.77. The highest BCUT2D eigenvalue weighted by Gasteiger charge is 2.02. The molecule has 25 heavy (non-hydrogen) atoms. The number of carbonyl (C=O) groups is 1. The fourth-order valence-electron chi connectivity index (χ4n) is 2.12. The van der Waals surface area contributed by atoms with E-state index in [0.717, 1.165) is 11.1 Å². The molecule has 0 saturated heterocycles. The van der Waals surface area contributed by atoms with Crippen LogP contribution < -0.4 is 10.1 Å². The van der Waals surface area contributed by atoms with Gasteiger partial charge in [-0.2, -0.15) is 5.10 Å². The van der Waals surface area contributed by atoms with Crippen LogP contribution in [0.2, 0.25) is 0 Å². The maximum Gasteiger partial charge on any atom is 0.248 e. The number of aryl methyl sites for hydroxylation is 2. The summed E-state index contributed by atoms with van der Waals surface area (Å²) in [5.41, 5.74) is 2.62. The van der Waals surface area contributed by atoms with Gasteiger partial charge in [0.2, 0.25) is 11.8 Å². The van der Waals surface area contributed by atoms with Crippen molar-refractivity contribution in [3.05, 3.63) is 72.2 Å². The number of nitrogens with zero attached hydrogens (tertiary/aromatic N) is 3. The van der Waals surface area contributed by atoms with Gasteiger partial charge in [-0.25, -0.2) is 4.98 Å². The Morgan fingerprint density at radius 2 is 1.96 bits per heavy atom. The monoisotopic (exact) mass is 334 g/mol. The van der Waals surface area contributed by atoms with Crippen molar-refractivity contribution in [2.24, 2.45) is 7.05 Å². The van der Waals surface area contributed by atoms with Crippen LogP contribution in [0.4, 0.5) is 5.69 Å². The summed E-state index contributed by atoms with van der Waals surface area (Å²) in [7, 11) is 1.82. The number of aromatic nitrogens is 3. The summed E-state index contributed by atoms with van der Waals surface area (Å²) in [6.07, 6.45) is 8.21. The van der Waals surface area contributed by atoms with E-state index in [-0.39, 0.29) is 5.91 Å². The van der Waals surface area contributed by atoms with Crippen molar-refractivity contribution >= 4 is 17.7 Å². The Labute approximate surface area is 145 Å². The van der Waals surface area contributed by atoms with E-state index in [0.29, 0.717) is 17.3 Å². The summed E-state index contributed by atoms with van der Waals surface area (Å²) in [4.78, 5) is 16.1. The Balaban J connectivity index is 1.57. The number of hydrogen-bond donors (Lipinski definition) is 1. The number of amides is 1. The molecule has 2 aromatic heterocycles. The SMILES string of the molecule is Cc1ccc(Oc2ccc(NC(=O)C=Cc3cnn(C)c3)cn2)cc1. The zero-order valence-corrected chi connectivity index (χ0v) is 14.0. The molecule has 126 valence electrons. The number of rotatable bonds is 5. The van der Waals surface area contributed by atoms with Crippen LogP contribution in [0.25, 0.3) is 6.08 Å². The lowest BCUT2D eigenvalue weighted by Crippen LogP contribution is -2.07. The molecule has 0 radical (unpaired) electrons. The predicted molar refractivity (Wildman–Crippen MR) is 96.4 cm³/mol. The molecule has 3 aromatic rings. The minimum Gasteiger partial charge on any atom is -0.439 e. The van der Waals surface area contributed by atoms with E-state index in [1.807, 2.05) is 44.4 Å². The van der Waals surface area contributed by atoms with Gasteiger partial charge in [0.05, 0.1) is 18.1 Å². The van der Waals surface area contributed by atoms with Gasteiger partial charge in [-0.3, -0.25) is 9.48 Å². The topological polar surface area (TPSA) is 69.0 Å². The van der Waals surface area contributed by atoms with E-state index in [2.05, 4.69) is 15.4 Å². The van der Waals surface area contributed by atoms with Crippen LogP contribution in [0.5, 0.6) is 11.6 Å². The second kappa shape index (κ2) is 7.44. The van der Waals surface area contributed by atoms with Crippen molar-refractivity contribution in [2.75, 3.05) is 5.32 Å². The molecule has 1 amide bonds. The molecule has 0 aliphatic heterocycles. The third-order valence-electron chi connectivity index (χ3n) is 3.40. The van der Waals surface area contributed by atoms with Gasteiger partial charge in [-0.05, 0) is 31.2 Å². The van der Waals surface area contributed by atoms with Crippen molar-refractivity contribution in [2.45, 2.75) is 6.92 Å². The Kier molecular flexibility index (Phi) is 4.89. The van der Waals surface area contributed by atoms with E-state index < -0.39 is 0 Å². The maximum atomic E-state index is 11.9. The van der Waals surface area contributed by atoms with E-state index in [1.54, 1.807) is 35.3 Å². The van der Waals surface area contributed by atoms with Gasteiger partial charge < -0.3 is 10.1 Å². The number of pyridine rings is 1. The number of benzene rings is 1. The summed E-state index contributed by atoms with van der Waals surface area (Å²) in [5.74, 6) is 0.944. The Bertz CT molecular complexity index is 881. The first-order chi connectivity index (χ1) is 12.1. The van der Waals surface area contributed by atoms with E-state index >= 15 is 0 Å². The van der Waals surface area contributed by atoms with Crippen LogP contribution >= 0.6 is 0 Å². The Morgan fingerprint density at radius 3 is 2.60 bits per heavy atom. The number of carbonyl (C=O) groups excluding carboxylic acids is 1. The normalized spacial score (nSPS) is 10.8. The summed E-state index contributed by atoms with van der Waals surface area (Å²) in [6.45, 7) is 2.02. The third-order valence-corrected chi connectivity index (χ3v) is 3.40. The molecule has 0 aliphatic carbocycles. The van der Waals surface area contributed by atoms with Crippen LogP contribution in [-0.2, 0) is 11.8 Å². The van der Waals surface area contributed by atoms with Crippen LogP contribution in [0.15, 0.2) is 61.1 Å². The minimum absolute atomic E-state index is 0.238. The number of nitrogens with one attached hydrogen (secondary N) is 1. The maximum absolute atomic E-state index is 11.9. The van der Waals surface area contributed by atoms with Crippen LogP contribution in [0.1, 0.15) is 11.1 Å². The van der Waals surface area contributed by atoms with Gasteiger partial charge in [0.25, 0.3) is 0 Å². The third kappa shape index (κ3) is 4.78. The number of hydrogen-bond acceptors (Lipinski definition) is 4. The molecule has 0 bridgehead atoms. The quantitative estimate of drug-likeness (QED) is 0.724. The van der Waals surface area contributed by atoms with Crippen LogP contribution in [0, 0.1) is 6.92 Å². The highest BCUT2D eigenvalue weighted by atomic mass is 16.5. The van der Waals surface area contributed by atoms with Gasteiger partial charge in [0, 0.05) is 31.0 Å². The zero-order chi connectivity index (χ0) is 17.6. The zero-order valence-electron chi connectivity index (χ0n) is 14.0. The molecule has 1 aromatic carbocycles. The largest absolute Gasteiger partial charge is 0.439 e. The van der Waals surface area contributed by atoms with Gasteiger partial charge in [0.1, 0.15) is 5.75 Å². The van der Waals surface area contributed by atoms with Crippen molar-refractivity contribution < 1.29 is 9.53 Å². The molecule has 6 heteroatoms. The van der Waals surface area contributed by atoms with Crippen LogP contribution in [-0.4, -0.2) is 20.7 Å². The van der Waals surface area contributed by atoms with Crippen molar-refractivity contribution in [3.63, 3.8) is 0 Å². The first-order valence-corrected chi connectivity index (χ1v) is 7.77. The summed E-state index contributed by atoms with van der Waals surface area (Å²) in [6, 6.07) is 11.2. The van der Waals surface area contributed by atoms with Gasteiger partial charge in [-0.15, -0.1) is 0 Å². The lowest BCUT2D eigenvalue weighted by Gasteiger charge is -2.06. The van der Waals surface area contributed by atoms with Gasteiger partial charge in [-0.1, -0.05) is 17.7 Å². The molecule has 0 fully saturated rings. The van der Waals surface area contributed by atoms with Crippen LogP contribution in [0.3, 0.4) is 0 Å². The molecule has 3 rings (SSSR count). The lowest BCUT2D eigenvalue weighted by atomic mass is 10.2. The molecule has 0 unspecified atom stereocenters. The number of anilines is 1. The standard InChI is InChI=1S/C19H18N4O2/c1-14-3-7-17(8-4-14)25-19-10-6-16(12-20-19)22-18(24)9-5-15-11-21-23(2)13-15/h3-13H,1-2H3,(H,22,24). The van der Waals surface area contributed by atoms with Gasteiger partial charge in [0.15, 0.2) is 0 Å². The Morgan fingerprint density at radius 1 is 1.16 bits per heavy atom. The molecule has 1 N–H and O–H groups in total. The molecular weight excluding hydrogens is 316 g/mol. The molecule has 0 spiro atoms. The second-order valence-corrected chi connectivity index (χ2v) is 5.57. The molecular formula is C19H18N4O2. The average Bonchev–Trinajstić information content (AvgIpc) is 3.02. The summed E-state index contributed by atoms with van der Waals surface area (Å²) >= 11 is 0. The molecule has 0 atom stereocenters. The molecule has 0 saturated carbocycles. The number of ether oxygens (including phenoxy) is 1. The smallest absolute Gasteiger partial charge is 0.248 e. The van der Waals surface area contributed by atoms with Crippen molar-refractivity contribution in [1.82, 2.24) is 14.8 Å². The summed E-state index contributed by atoms with van der Waals surface area (Å²) in [5, 5.41) is 6.78. The molecule has 6 nitrogen and oxygen atoms in total. The summed E-state index contributed by atoms with van der Waals surface area (Å²) < 4.78 is 7.33. The average molecular weight is 334 g/mol. The Hall–Kier alpha value is -3.41. The van der Waals surface area contributed by atoms with E-state index in [1.165, 1.54) is 6.08 Å². The lowest BCUT2D eigenvalue weighted by molar-refractivity contribution is -0.111. The van der Waals surface area contributed by atoms with Gasteiger partial charge >= 0.3 is 0 Å². The molecule has 0 aliphatic rings. The fraction of sp³-hybridized carbons (Fsp3) is 0.105. The van der Waals surface area contributed by atoms with E-state index in [4.69, 9.17) is 4.74 Å². The highest BCUT2D eigenvalue weighted by Crippen LogP contribution is 2.20. The van der Waals surface area contributed by atoms with Crippen molar-refractivity contribution in [3.8, 4) is 11.6 Å². The van der Waals surface area contributed by atoms with Crippen molar-refractivity contribution in [1.29, 1.82) is 0 Å². The second-order valence-electron chi connectivity index (χ2n) is 5.57. The highest BCUT2D eigenvalue weighted by molar-refractivity contribution is 6.01. The van der Waals surface area contributed by atoms with E-state index in [9.17, 15) is 4.79 Å². The minimum atomic E-state index is -0.238. The fourth-order valence-corrected chi connectivity index (χ4v) is 2.12. The first kappa shape index (κ1) is 16.4. The molecule has 2 heterocycles. The predicted octanol–water partition coefficient (Wildman–Crippen LogP) is 3.57.